The Morgan fingerprint density at radius 3 is 2.71 bits per heavy atom. The number of aliphatic imine (C=N–C) groups is 1. The number of nitrogens with one attached hydrogen (secondary N) is 2. The monoisotopic (exact) mass is 410 g/mol. The third-order valence-electron chi connectivity index (χ3n) is 3.24. The van der Waals surface area contributed by atoms with Crippen molar-refractivity contribution in [3.63, 3.8) is 0 Å². The molecule has 2 rings (SSSR count). The first-order chi connectivity index (χ1) is 11.6. The SMILES string of the molecule is CCNC(=NCc1ncnn1C)NCC(C)Sc1ccc(Br)cc1. The number of thioether (sulfide) groups is 1. The molecule has 24 heavy (non-hydrogen) atoms. The van der Waals surface area contributed by atoms with Crippen molar-refractivity contribution in [1.82, 2.24) is 25.4 Å². The van der Waals surface area contributed by atoms with E-state index < -0.39 is 0 Å². The Morgan fingerprint density at radius 1 is 1.33 bits per heavy atom. The Balaban J connectivity index is 1.85. The predicted octanol–water partition coefficient (Wildman–Crippen LogP) is 2.81. The lowest BCUT2D eigenvalue weighted by Crippen LogP contribution is -2.40. The summed E-state index contributed by atoms with van der Waals surface area (Å²) in [5.41, 5.74) is 0. The minimum atomic E-state index is 0.421. The zero-order chi connectivity index (χ0) is 17.4. The highest BCUT2D eigenvalue weighted by Crippen LogP contribution is 2.24. The van der Waals surface area contributed by atoms with Crippen LogP contribution in [0.4, 0.5) is 0 Å². The number of hydrogen-bond donors (Lipinski definition) is 2. The lowest BCUT2D eigenvalue weighted by Gasteiger charge is -2.15. The minimum absolute atomic E-state index is 0.421. The van der Waals surface area contributed by atoms with Gasteiger partial charge in [-0.05, 0) is 31.2 Å². The summed E-state index contributed by atoms with van der Waals surface area (Å²) in [4.78, 5) is 10.0. The molecule has 0 fully saturated rings. The largest absolute Gasteiger partial charge is 0.357 e. The molecule has 2 N–H and O–H groups in total. The fourth-order valence-electron chi connectivity index (χ4n) is 1.98. The van der Waals surface area contributed by atoms with Gasteiger partial charge in [-0.3, -0.25) is 4.68 Å². The molecule has 8 heteroatoms. The zero-order valence-corrected chi connectivity index (χ0v) is 16.6. The van der Waals surface area contributed by atoms with Gasteiger partial charge in [0.1, 0.15) is 18.7 Å². The van der Waals surface area contributed by atoms with Crippen LogP contribution in [0.5, 0.6) is 0 Å². The summed E-state index contributed by atoms with van der Waals surface area (Å²) in [7, 11) is 1.87. The lowest BCUT2D eigenvalue weighted by molar-refractivity contribution is 0.697. The van der Waals surface area contributed by atoms with Gasteiger partial charge in [0.25, 0.3) is 0 Å². The minimum Gasteiger partial charge on any atom is -0.357 e. The Kier molecular flexibility index (Phi) is 7.58. The molecule has 0 radical (unpaired) electrons. The average Bonchev–Trinajstić information content (AvgIpc) is 2.97. The highest BCUT2D eigenvalue weighted by molar-refractivity contribution is 9.10. The summed E-state index contributed by atoms with van der Waals surface area (Å²) < 4.78 is 2.84. The standard InChI is InChI=1S/C16H23BrN6S/c1-4-18-16(20-10-15-21-11-22-23(15)3)19-9-12(2)24-14-7-5-13(17)6-8-14/h5-8,11-12H,4,9-10H2,1-3H3,(H2,18,19,20). The Morgan fingerprint density at radius 2 is 2.08 bits per heavy atom. The van der Waals surface area contributed by atoms with Crippen LogP contribution in [0.15, 0.2) is 45.0 Å². The number of benzene rings is 1. The quantitative estimate of drug-likeness (QED) is 0.417. The summed E-state index contributed by atoms with van der Waals surface area (Å²) in [6.45, 7) is 6.40. The van der Waals surface area contributed by atoms with E-state index >= 15 is 0 Å². The number of hydrogen-bond acceptors (Lipinski definition) is 4. The zero-order valence-electron chi connectivity index (χ0n) is 14.2. The number of aromatic nitrogens is 3. The van der Waals surface area contributed by atoms with Gasteiger partial charge < -0.3 is 10.6 Å². The van der Waals surface area contributed by atoms with Crippen molar-refractivity contribution in [2.24, 2.45) is 12.0 Å². The van der Waals surface area contributed by atoms with E-state index in [-0.39, 0.29) is 0 Å². The van der Waals surface area contributed by atoms with E-state index in [9.17, 15) is 0 Å². The van der Waals surface area contributed by atoms with Gasteiger partial charge in [-0.25, -0.2) is 9.98 Å². The Hall–Kier alpha value is -1.54. The molecule has 0 aliphatic heterocycles. The predicted molar refractivity (Wildman–Crippen MR) is 103 cm³/mol. The maximum Gasteiger partial charge on any atom is 0.191 e. The van der Waals surface area contributed by atoms with Crippen LogP contribution in [0.25, 0.3) is 0 Å². The number of nitrogens with zero attached hydrogens (tertiary/aromatic N) is 4. The molecule has 1 unspecified atom stereocenters. The van der Waals surface area contributed by atoms with E-state index in [1.165, 1.54) is 4.90 Å². The molecular formula is C16H23BrN6S. The second kappa shape index (κ2) is 9.68. The lowest BCUT2D eigenvalue weighted by atomic mass is 10.4. The normalized spacial score (nSPS) is 12.9. The highest BCUT2D eigenvalue weighted by atomic mass is 79.9. The summed E-state index contributed by atoms with van der Waals surface area (Å²) in [6.07, 6.45) is 1.54. The molecule has 0 amide bonds. The molecule has 130 valence electrons. The van der Waals surface area contributed by atoms with Gasteiger partial charge in [-0.1, -0.05) is 22.9 Å². The Labute approximate surface area is 155 Å². The van der Waals surface area contributed by atoms with Crippen molar-refractivity contribution in [2.75, 3.05) is 13.1 Å². The van der Waals surface area contributed by atoms with Crippen LogP contribution >= 0.6 is 27.7 Å². The number of guanidine groups is 1. The van der Waals surface area contributed by atoms with E-state index in [0.717, 1.165) is 29.3 Å². The van der Waals surface area contributed by atoms with Crippen molar-refractivity contribution in [2.45, 2.75) is 30.5 Å². The van der Waals surface area contributed by atoms with Crippen LogP contribution in [0.1, 0.15) is 19.7 Å². The van der Waals surface area contributed by atoms with Gasteiger partial charge >= 0.3 is 0 Å². The second-order valence-corrected chi connectivity index (χ2v) is 7.69. The van der Waals surface area contributed by atoms with E-state index in [1.54, 1.807) is 11.0 Å². The summed E-state index contributed by atoms with van der Waals surface area (Å²) >= 11 is 5.30. The first-order valence-electron chi connectivity index (χ1n) is 7.85. The van der Waals surface area contributed by atoms with Crippen LogP contribution < -0.4 is 10.6 Å². The molecule has 2 aromatic rings. The summed E-state index contributed by atoms with van der Waals surface area (Å²) in [6, 6.07) is 8.38. The second-order valence-electron chi connectivity index (χ2n) is 5.26. The van der Waals surface area contributed by atoms with Gasteiger partial charge in [0.15, 0.2) is 5.96 Å². The van der Waals surface area contributed by atoms with E-state index in [2.05, 4.69) is 79.8 Å². The van der Waals surface area contributed by atoms with E-state index in [0.29, 0.717) is 11.8 Å². The molecule has 0 saturated heterocycles. The Bertz CT molecular complexity index is 655. The van der Waals surface area contributed by atoms with Gasteiger partial charge in [0.2, 0.25) is 0 Å². The van der Waals surface area contributed by atoms with Crippen LogP contribution in [0.2, 0.25) is 0 Å². The van der Waals surface area contributed by atoms with Gasteiger partial charge in [0, 0.05) is 34.8 Å². The number of rotatable bonds is 7. The van der Waals surface area contributed by atoms with Crippen molar-refractivity contribution in [1.29, 1.82) is 0 Å². The van der Waals surface area contributed by atoms with Gasteiger partial charge in [0.05, 0.1) is 0 Å². The first-order valence-corrected chi connectivity index (χ1v) is 9.53. The molecule has 1 atom stereocenters. The maximum atomic E-state index is 4.56. The molecule has 0 saturated carbocycles. The van der Waals surface area contributed by atoms with Crippen LogP contribution in [0, 0.1) is 0 Å². The molecular weight excluding hydrogens is 388 g/mol. The smallest absolute Gasteiger partial charge is 0.191 e. The van der Waals surface area contributed by atoms with Crippen molar-refractivity contribution in [3.8, 4) is 0 Å². The topological polar surface area (TPSA) is 67.1 Å². The molecule has 1 heterocycles. The van der Waals surface area contributed by atoms with Crippen LogP contribution in [-0.4, -0.2) is 39.1 Å². The van der Waals surface area contributed by atoms with Gasteiger partial charge in [-0.2, -0.15) is 5.10 Å². The number of aryl methyl sites for hydroxylation is 1. The van der Waals surface area contributed by atoms with Crippen molar-refractivity contribution < 1.29 is 0 Å². The van der Waals surface area contributed by atoms with Crippen LogP contribution in [0.3, 0.4) is 0 Å². The summed E-state index contributed by atoms with van der Waals surface area (Å²) in [5, 5.41) is 11.1. The van der Waals surface area contributed by atoms with E-state index in [1.807, 2.05) is 18.8 Å². The van der Waals surface area contributed by atoms with Crippen molar-refractivity contribution in [3.05, 3.63) is 40.9 Å². The fourth-order valence-corrected chi connectivity index (χ4v) is 3.17. The molecule has 1 aromatic heterocycles. The molecule has 6 nitrogen and oxygen atoms in total. The summed E-state index contributed by atoms with van der Waals surface area (Å²) in [5.74, 6) is 1.63. The number of halogens is 1. The maximum absolute atomic E-state index is 4.56. The first kappa shape index (κ1) is 18.8. The molecule has 0 aliphatic rings. The van der Waals surface area contributed by atoms with Gasteiger partial charge in [-0.15, -0.1) is 11.8 Å². The molecule has 0 aliphatic carbocycles. The molecule has 0 spiro atoms. The third-order valence-corrected chi connectivity index (χ3v) is 4.88. The third kappa shape index (κ3) is 6.16. The fraction of sp³-hybridized carbons (Fsp3) is 0.438. The average molecular weight is 411 g/mol. The molecule has 0 bridgehead atoms. The van der Waals surface area contributed by atoms with Crippen molar-refractivity contribution >= 4 is 33.7 Å². The van der Waals surface area contributed by atoms with E-state index in [4.69, 9.17) is 0 Å². The van der Waals surface area contributed by atoms with Crippen LogP contribution in [-0.2, 0) is 13.6 Å². The highest BCUT2D eigenvalue weighted by Gasteiger charge is 2.07. The molecule has 1 aromatic carbocycles.